The lowest BCUT2D eigenvalue weighted by Crippen LogP contribution is -2.56. The summed E-state index contributed by atoms with van der Waals surface area (Å²) in [7, 11) is 0. The molecular weight excluding hydrogens is 456 g/mol. The van der Waals surface area contributed by atoms with Gasteiger partial charge in [-0.3, -0.25) is 19.2 Å². The molecule has 1 aliphatic heterocycles. The van der Waals surface area contributed by atoms with E-state index in [0.29, 0.717) is 32.2 Å². The molecule has 0 spiro atoms. The van der Waals surface area contributed by atoms with Crippen LogP contribution in [0.2, 0.25) is 0 Å². The molecule has 0 radical (unpaired) electrons. The highest BCUT2D eigenvalue weighted by molar-refractivity contribution is 5.94. The first-order valence-electron chi connectivity index (χ1n) is 12.7. The van der Waals surface area contributed by atoms with E-state index in [0.717, 1.165) is 24.0 Å². The van der Waals surface area contributed by atoms with E-state index in [1.807, 2.05) is 56.3 Å². The monoisotopic (exact) mass is 496 g/mol. The minimum atomic E-state index is -0.840. The van der Waals surface area contributed by atoms with E-state index in [1.54, 1.807) is 6.92 Å². The predicted molar refractivity (Wildman–Crippen MR) is 141 cm³/mol. The van der Waals surface area contributed by atoms with E-state index < -0.39 is 29.9 Å². The van der Waals surface area contributed by atoms with E-state index in [2.05, 4.69) is 27.8 Å². The van der Waals surface area contributed by atoms with Crippen LogP contribution in [0.1, 0.15) is 58.4 Å². The van der Waals surface area contributed by atoms with Crippen molar-refractivity contribution in [1.82, 2.24) is 21.3 Å². The number of amides is 4. The van der Waals surface area contributed by atoms with Gasteiger partial charge >= 0.3 is 0 Å². The molecule has 8 nitrogen and oxygen atoms in total. The van der Waals surface area contributed by atoms with Gasteiger partial charge in [0, 0.05) is 19.4 Å². The van der Waals surface area contributed by atoms with Crippen molar-refractivity contribution >= 4 is 23.6 Å². The van der Waals surface area contributed by atoms with Crippen LogP contribution in [0.5, 0.6) is 0 Å². The molecule has 0 fully saturated rings. The fourth-order valence-corrected chi connectivity index (χ4v) is 3.94. The van der Waals surface area contributed by atoms with E-state index in [-0.39, 0.29) is 17.7 Å². The highest BCUT2D eigenvalue weighted by Gasteiger charge is 2.29. The first-order valence-corrected chi connectivity index (χ1v) is 12.7. The second-order valence-corrected chi connectivity index (χ2v) is 9.74. The number of carbonyl (C=O) groups is 4. The van der Waals surface area contributed by atoms with Crippen molar-refractivity contribution in [1.29, 1.82) is 0 Å². The van der Waals surface area contributed by atoms with Crippen molar-refractivity contribution in [2.45, 2.75) is 77.4 Å². The molecule has 196 valence electrons. The van der Waals surface area contributed by atoms with Crippen LogP contribution in [0, 0.1) is 5.92 Å². The number of hydrogen-bond acceptors (Lipinski definition) is 4. The van der Waals surface area contributed by atoms with E-state index >= 15 is 0 Å². The number of benzene rings is 1. The largest absolute Gasteiger partial charge is 0.351 e. The Morgan fingerprint density at radius 1 is 0.889 bits per heavy atom. The molecule has 4 N–H and O–H groups in total. The smallest absolute Gasteiger partial charge is 0.243 e. The Labute approximate surface area is 214 Å². The van der Waals surface area contributed by atoms with Crippen LogP contribution >= 0.6 is 0 Å². The molecule has 1 aromatic carbocycles. The molecule has 2 rings (SSSR count). The molecule has 1 aromatic rings. The molecule has 0 aromatic heterocycles. The molecule has 1 heterocycles. The molecule has 0 saturated heterocycles. The van der Waals surface area contributed by atoms with Crippen LogP contribution in [0.3, 0.4) is 0 Å². The highest BCUT2D eigenvalue weighted by atomic mass is 16.2. The zero-order valence-corrected chi connectivity index (χ0v) is 21.6. The number of hydrogen-bond donors (Lipinski definition) is 4. The summed E-state index contributed by atoms with van der Waals surface area (Å²) in [5.74, 6) is -1.28. The quantitative estimate of drug-likeness (QED) is 0.513. The number of nitrogens with one attached hydrogen (secondary N) is 4. The summed E-state index contributed by atoms with van der Waals surface area (Å²) in [4.78, 5) is 51.5. The Kier molecular flexibility index (Phi) is 11.9. The second kappa shape index (κ2) is 14.9. The van der Waals surface area contributed by atoms with Crippen LogP contribution in [-0.4, -0.2) is 48.3 Å². The van der Waals surface area contributed by atoms with Gasteiger partial charge in [0.25, 0.3) is 0 Å². The molecule has 0 aliphatic carbocycles. The molecule has 36 heavy (non-hydrogen) atoms. The Hall–Kier alpha value is -3.42. The van der Waals surface area contributed by atoms with Gasteiger partial charge in [-0.05, 0) is 44.1 Å². The van der Waals surface area contributed by atoms with Crippen molar-refractivity contribution in [3.05, 3.63) is 60.2 Å². The number of rotatable bonds is 4. The second-order valence-electron chi connectivity index (χ2n) is 9.74. The summed E-state index contributed by atoms with van der Waals surface area (Å²) < 4.78 is 0. The molecule has 0 saturated carbocycles. The van der Waals surface area contributed by atoms with Crippen LogP contribution in [0.25, 0.3) is 0 Å². The SMILES string of the molecule is C=C1/C=C/CNC(=O)[C@H](C)NC(=O)C(CC(C)C)NC(=O)C(Cc2ccccc2)NC(=O)CCCC1. The summed E-state index contributed by atoms with van der Waals surface area (Å²) >= 11 is 0. The zero-order chi connectivity index (χ0) is 26.5. The summed E-state index contributed by atoms with van der Waals surface area (Å²) in [6.07, 6.45) is 6.82. The third-order valence-electron chi connectivity index (χ3n) is 5.93. The van der Waals surface area contributed by atoms with Crippen molar-refractivity contribution in [3.8, 4) is 0 Å². The lowest BCUT2D eigenvalue weighted by Gasteiger charge is -2.25. The standard InChI is InChI=1S/C28H40N4O4/c1-19(2)17-23-27(35)30-21(4)26(34)29-16-10-12-20(3)11-8-9-15-25(33)31-24(28(36)32-23)18-22-13-6-5-7-14-22/h5-7,10,12-14,19,21,23-24H,3,8-9,11,15-18H2,1-2,4H3,(H,29,34)(H,30,35)(H,31,33)(H,32,36)/b12-10+/t21-,23?,24?/m0/s1. The van der Waals surface area contributed by atoms with Gasteiger partial charge in [0.2, 0.25) is 23.6 Å². The highest BCUT2D eigenvalue weighted by Crippen LogP contribution is 2.11. The Bertz CT molecular complexity index is 942. The Morgan fingerprint density at radius 2 is 1.56 bits per heavy atom. The third kappa shape index (κ3) is 10.5. The van der Waals surface area contributed by atoms with Gasteiger partial charge in [-0.25, -0.2) is 0 Å². The van der Waals surface area contributed by atoms with Crippen molar-refractivity contribution in [3.63, 3.8) is 0 Å². The van der Waals surface area contributed by atoms with Gasteiger partial charge in [-0.15, -0.1) is 0 Å². The van der Waals surface area contributed by atoms with Crippen LogP contribution in [0.4, 0.5) is 0 Å². The maximum absolute atomic E-state index is 13.3. The van der Waals surface area contributed by atoms with Crippen LogP contribution in [0.15, 0.2) is 54.6 Å². The third-order valence-corrected chi connectivity index (χ3v) is 5.93. The lowest BCUT2D eigenvalue weighted by molar-refractivity contribution is -0.133. The summed E-state index contributed by atoms with van der Waals surface area (Å²) in [5, 5.41) is 11.2. The minimum absolute atomic E-state index is 0.118. The van der Waals surface area contributed by atoms with Gasteiger partial charge in [-0.1, -0.05) is 68.5 Å². The van der Waals surface area contributed by atoms with Gasteiger partial charge in [0.1, 0.15) is 18.1 Å². The first kappa shape index (κ1) is 28.8. The van der Waals surface area contributed by atoms with E-state index in [9.17, 15) is 19.2 Å². The molecular formula is C28H40N4O4. The normalized spacial score (nSPS) is 24.4. The fraction of sp³-hybridized carbons (Fsp3) is 0.500. The van der Waals surface area contributed by atoms with Gasteiger partial charge in [0.15, 0.2) is 0 Å². The zero-order valence-electron chi connectivity index (χ0n) is 21.6. The van der Waals surface area contributed by atoms with Crippen molar-refractivity contribution in [2.24, 2.45) is 5.92 Å². The average Bonchev–Trinajstić information content (AvgIpc) is 2.83. The molecule has 1 aliphatic rings. The average molecular weight is 497 g/mol. The fourth-order valence-electron chi connectivity index (χ4n) is 3.94. The molecule has 0 bridgehead atoms. The Balaban J connectivity index is 2.26. The minimum Gasteiger partial charge on any atom is -0.351 e. The molecule has 2 unspecified atom stereocenters. The first-order chi connectivity index (χ1) is 17.2. The van der Waals surface area contributed by atoms with Crippen molar-refractivity contribution < 1.29 is 19.2 Å². The molecule has 3 atom stereocenters. The molecule has 4 amide bonds. The predicted octanol–water partition coefficient (Wildman–Crippen LogP) is 2.55. The summed E-state index contributed by atoms with van der Waals surface area (Å²) in [6.45, 7) is 9.83. The Morgan fingerprint density at radius 3 is 2.25 bits per heavy atom. The van der Waals surface area contributed by atoms with Crippen molar-refractivity contribution in [2.75, 3.05) is 6.54 Å². The van der Waals surface area contributed by atoms with Gasteiger partial charge in [-0.2, -0.15) is 0 Å². The summed E-state index contributed by atoms with van der Waals surface area (Å²) in [6, 6.07) is 6.98. The van der Waals surface area contributed by atoms with E-state index in [1.165, 1.54) is 0 Å². The van der Waals surface area contributed by atoms with Crippen LogP contribution in [-0.2, 0) is 25.6 Å². The molecule has 8 heteroatoms. The van der Waals surface area contributed by atoms with Gasteiger partial charge in [0.05, 0.1) is 0 Å². The summed E-state index contributed by atoms with van der Waals surface area (Å²) in [5.41, 5.74) is 1.80. The number of allylic oxidation sites excluding steroid dienone is 2. The number of carbonyl (C=O) groups excluding carboxylic acids is 4. The maximum atomic E-state index is 13.3. The maximum Gasteiger partial charge on any atom is 0.243 e. The van der Waals surface area contributed by atoms with Gasteiger partial charge < -0.3 is 21.3 Å². The topological polar surface area (TPSA) is 116 Å². The van der Waals surface area contributed by atoms with E-state index in [4.69, 9.17) is 0 Å². The lowest BCUT2D eigenvalue weighted by atomic mass is 10.0. The van der Waals surface area contributed by atoms with Crippen LogP contribution < -0.4 is 21.3 Å².